The van der Waals surface area contributed by atoms with Gasteiger partial charge in [0.15, 0.2) is 0 Å². The largest absolute Gasteiger partial charge is 0.379 e. The zero-order valence-electron chi connectivity index (χ0n) is 18.1. The number of hydrogen-bond donors (Lipinski definition) is 1. The molecule has 3 aliphatic rings. The van der Waals surface area contributed by atoms with Crippen molar-refractivity contribution in [2.24, 2.45) is 5.92 Å². The van der Waals surface area contributed by atoms with Crippen LogP contribution in [0.2, 0.25) is 5.02 Å². The second kappa shape index (κ2) is 10.7. The van der Waals surface area contributed by atoms with Gasteiger partial charge in [-0.15, -0.1) is 0 Å². The number of rotatable bonds is 5. The molecule has 1 aromatic carbocycles. The monoisotopic (exact) mass is 448 g/mol. The number of piperidine rings is 1. The van der Waals surface area contributed by atoms with Crippen LogP contribution in [0.5, 0.6) is 0 Å². The number of morpholine rings is 1. The van der Waals surface area contributed by atoms with Gasteiger partial charge in [-0.3, -0.25) is 9.69 Å². The molecule has 0 radical (unpaired) electrons. The highest BCUT2D eigenvalue weighted by atomic mass is 35.5. The lowest BCUT2D eigenvalue weighted by molar-refractivity contribution is -0.126. The minimum absolute atomic E-state index is 0.00692. The van der Waals surface area contributed by atoms with Crippen LogP contribution >= 0.6 is 11.6 Å². The van der Waals surface area contributed by atoms with E-state index in [-0.39, 0.29) is 23.9 Å². The van der Waals surface area contributed by atoms with Gasteiger partial charge in [0.05, 0.1) is 25.2 Å². The molecule has 8 heteroatoms. The molecule has 3 aliphatic heterocycles. The molecule has 3 heterocycles. The fourth-order valence-corrected chi connectivity index (χ4v) is 5.15. The van der Waals surface area contributed by atoms with Gasteiger partial charge < -0.3 is 19.9 Å². The first-order chi connectivity index (χ1) is 15.1. The zero-order valence-corrected chi connectivity index (χ0v) is 18.9. The predicted octanol–water partition coefficient (Wildman–Crippen LogP) is 2.76. The summed E-state index contributed by atoms with van der Waals surface area (Å²) in [5, 5.41) is 3.89. The summed E-state index contributed by atoms with van der Waals surface area (Å²) in [6.45, 7) is 6.43. The average molecular weight is 449 g/mol. The number of likely N-dealkylation sites (tertiary alicyclic amines) is 2. The summed E-state index contributed by atoms with van der Waals surface area (Å²) < 4.78 is 5.51. The van der Waals surface area contributed by atoms with Crippen molar-refractivity contribution in [1.82, 2.24) is 20.0 Å². The van der Waals surface area contributed by atoms with Crippen LogP contribution in [0.1, 0.15) is 37.3 Å². The van der Waals surface area contributed by atoms with E-state index in [2.05, 4.69) is 10.2 Å². The molecule has 1 N–H and O–H groups in total. The first-order valence-electron chi connectivity index (χ1n) is 11.5. The van der Waals surface area contributed by atoms with E-state index < -0.39 is 0 Å². The van der Waals surface area contributed by atoms with Gasteiger partial charge in [0.25, 0.3) is 0 Å². The second-order valence-electron chi connectivity index (χ2n) is 8.69. The highest BCUT2D eigenvalue weighted by Gasteiger charge is 2.32. The lowest BCUT2D eigenvalue weighted by Crippen LogP contribution is -2.50. The summed E-state index contributed by atoms with van der Waals surface area (Å²) in [4.78, 5) is 31.9. The molecule has 3 amide bonds. The molecule has 2 atom stereocenters. The van der Waals surface area contributed by atoms with Gasteiger partial charge in [-0.25, -0.2) is 4.79 Å². The third-order valence-electron chi connectivity index (χ3n) is 6.66. The molecule has 170 valence electrons. The third-order valence-corrected chi connectivity index (χ3v) is 7.00. The van der Waals surface area contributed by atoms with Crippen molar-refractivity contribution in [3.63, 3.8) is 0 Å². The Morgan fingerprint density at radius 3 is 2.48 bits per heavy atom. The van der Waals surface area contributed by atoms with Crippen molar-refractivity contribution in [2.75, 3.05) is 59.0 Å². The summed E-state index contributed by atoms with van der Waals surface area (Å²) in [5.74, 6) is -0.124. The number of carbonyl (C=O) groups is 2. The minimum atomic E-state index is -0.156. The number of amides is 3. The van der Waals surface area contributed by atoms with Crippen molar-refractivity contribution in [3.8, 4) is 0 Å². The van der Waals surface area contributed by atoms with Gasteiger partial charge in [0.2, 0.25) is 5.91 Å². The van der Waals surface area contributed by atoms with Crippen molar-refractivity contribution in [1.29, 1.82) is 0 Å². The number of halogens is 1. The van der Waals surface area contributed by atoms with Crippen LogP contribution < -0.4 is 5.32 Å². The number of hydrogen-bond acceptors (Lipinski definition) is 4. The highest BCUT2D eigenvalue weighted by molar-refractivity contribution is 6.31. The quantitative estimate of drug-likeness (QED) is 0.752. The molecule has 3 fully saturated rings. The molecule has 7 nitrogen and oxygen atoms in total. The maximum absolute atomic E-state index is 13.1. The number of nitrogens with zero attached hydrogens (tertiary/aromatic N) is 3. The number of ether oxygens (including phenoxy) is 1. The Bertz CT molecular complexity index is 765. The van der Waals surface area contributed by atoms with Crippen molar-refractivity contribution in [3.05, 3.63) is 34.9 Å². The first kappa shape index (κ1) is 22.4. The molecule has 0 unspecified atom stereocenters. The Labute approximate surface area is 189 Å². The fourth-order valence-electron chi connectivity index (χ4n) is 4.89. The van der Waals surface area contributed by atoms with Crippen LogP contribution in [0, 0.1) is 5.92 Å². The molecule has 0 saturated carbocycles. The van der Waals surface area contributed by atoms with Crippen LogP contribution in [0.4, 0.5) is 4.79 Å². The van der Waals surface area contributed by atoms with E-state index in [1.807, 2.05) is 34.1 Å². The van der Waals surface area contributed by atoms with E-state index >= 15 is 0 Å². The number of carbonyl (C=O) groups excluding carboxylic acids is 2. The van der Waals surface area contributed by atoms with Crippen molar-refractivity contribution >= 4 is 23.5 Å². The number of nitrogens with one attached hydrogen (secondary N) is 1. The number of benzene rings is 1. The maximum Gasteiger partial charge on any atom is 0.320 e. The highest BCUT2D eigenvalue weighted by Crippen LogP contribution is 2.28. The van der Waals surface area contributed by atoms with Gasteiger partial charge in [-0.1, -0.05) is 29.8 Å². The van der Waals surface area contributed by atoms with Crippen molar-refractivity contribution < 1.29 is 14.3 Å². The van der Waals surface area contributed by atoms with Gasteiger partial charge in [-0.05, 0) is 37.3 Å². The Morgan fingerprint density at radius 2 is 1.74 bits per heavy atom. The Balaban J connectivity index is 1.37. The molecule has 0 bridgehead atoms. The summed E-state index contributed by atoms with van der Waals surface area (Å²) in [5.41, 5.74) is 1.03. The molecule has 0 aliphatic carbocycles. The molecule has 0 spiro atoms. The summed E-state index contributed by atoms with van der Waals surface area (Å²) in [6.07, 6.45) is 3.85. The number of urea groups is 1. The van der Waals surface area contributed by atoms with Gasteiger partial charge >= 0.3 is 6.03 Å². The smallest absolute Gasteiger partial charge is 0.320 e. The minimum Gasteiger partial charge on any atom is -0.379 e. The van der Waals surface area contributed by atoms with E-state index in [4.69, 9.17) is 16.3 Å². The normalized spacial score (nSPS) is 23.6. The van der Waals surface area contributed by atoms with Crippen LogP contribution in [0.25, 0.3) is 0 Å². The van der Waals surface area contributed by atoms with Crippen LogP contribution in [0.3, 0.4) is 0 Å². The molecular weight excluding hydrogens is 416 g/mol. The van der Waals surface area contributed by atoms with Crippen LogP contribution in [-0.4, -0.2) is 85.7 Å². The Hall–Kier alpha value is -1.83. The fraction of sp³-hybridized carbons (Fsp3) is 0.652. The van der Waals surface area contributed by atoms with Gasteiger partial charge in [0.1, 0.15) is 0 Å². The lowest BCUT2D eigenvalue weighted by atomic mass is 9.97. The standard InChI is InChI=1S/C23H33ClN4O3/c24-20-8-2-1-7-19(20)21(26-12-14-31-15-13-26)16-25-22(29)18-6-5-11-28(17-18)23(30)27-9-3-4-10-27/h1-2,7-8,18,21H,3-6,9-17H2,(H,25,29)/t18-,21+/m1/s1. The molecular formula is C23H33ClN4O3. The molecule has 4 rings (SSSR count). The summed E-state index contributed by atoms with van der Waals surface area (Å²) in [6, 6.07) is 7.94. The predicted molar refractivity (Wildman–Crippen MR) is 120 cm³/mol. The van der Waals surface area contributed by atoms with E-state index in [1.54, 1.807) is 0 Å². The van der Waals surface area contributed by atoms with Crippen molar-refractivity contribution in [2.45, 2.75) is 31.7 Å². The van der Waals surface area contributed by atoms with E-state index in [9.17, 15) is 9.59 Å². The first-order valence-corrected chi connectivity index (χ1v) is 11.9. The summed E-state index contributed by atoms with van der Waals surface area (Å²) in [7, 11) is 0. The third kappa shape index (κ3) is 5.51. The van der Waals surface area contributed by atoms with Crippen LogP contribution in [0.15, 0.2) is 24.3 Å². The lowest BCUT2D eigenvalue weighted by Gasteiger charge is -2.37. The Morgan fingerprint density at radius 1 is 1.03 bits per heavy atom. The average Bonchev–Trinajstić information content (AvgIpc) is 3.35. The zero-order chi connectivity index (χ0) is 21.6. The topological polar surface area (TPSA) is 65.1 Å². The Kier molecular flexibility index (Phi) is 7.69. The van der Waals surface area contributed by atoms with Crippen LogP contribution in [-0.2, 0) is 9.53 Å². The summed E-state index contributed by atoms with van der Waals surface area (Å²) >= 11 is 6.50. The maximum atomic E-state index is 13.1. The molecule has 3 saturated heterocycles. The second-order valence-corrected chi connectivity index (χ2v) is 9.10. The van der Waals surface area contributed by atoms with Gasteiger partial charge in [0, 0.05) is 50.8 Å². The van der Waals surface area contributed by atoms with E-state index in [1.165, 1.54) is 0 Å². The SMILES string of the molecule is O=C(NC[C@@H](c1ccccc1Cl)N1CCOCC1)[C@@H]1CCCN(C(=O)N2CCCC2)C1. The van der Waals surface area contributed by atoms with E-state index in [0.717, 1.165) is 64.0 Å². The molecule has 0 aromatic heterocycles. The molecule has 1 aromatic rings. The van der Waals surface area contributed by atoms with E-state index in [0.29, 0.717) is 31.3 Å². The molecule has 31 heavy (non-hydrogen) atoms. The van der Waals surface area contributed by atoms with Gasteiger partial charge in [-0.2, -0.15) is 0 Å².